The summed E-state index contributed by atoms with van der Waals surface area (Å²) in [4.78, 5) is 15.6. The summed E-state index contributed by atoms with van der Waals surface area (Å²) in [5, 5.41) is 5.94. The zero-order valence-electron chi connectivity index (χ0n) is 8.45. The molecule has 2 N–H and O–H groups in total. The van der Waals surface area contributed by atoms with E-state index in [0.717, 1.165) is 23.1 Å². The number of nitrogens with zero attached hydrogens (tertiary/aromatic N) is 1. The van der Waals surface area contributed by atoms with Gasteiger partial charge in [0.25, 0.3) is 0 Å². The van der Waals surface area contributed by atoms with Gasteiger partial charge in [0.05, 0.1) is 12.6 Å². The predicted octanol–water partition coefficient (Wildman–Crippen LogP) is 0.262. The van der Waals surface area contributed by atoms with Gasteiger partial charge < -0.3 is 9.73 Å². The van der Waals surface area contributed by atoms with Crippen LogP contribution in [0.2, 0.25) is 0 Å². The van der Waals surface area contributed by atoms with Crippen LogP contribution in [0.5, 0.6) is 0 Å². The van der Waals surface area contributed by atoms with E-state index >= 15 is 0 Å². The number of carbonyl (C=O) groups is 1. The maximum Gasteiger partial charge on any atom is 0.238 e. The number of rotatable bonds is 3. The van der Waals surface area contributed by atoms with Crippen molar-refractivity contribution in [2.75, 3.05) is 11.6 Å². The second-order valence-corrected chi connectivity index (χ2v) is 4.38. The Morgan fingerprint density at radius 1 is 1.87 bits per heavy atom. The van der Waals surface area contributed by atoms with Gasteiger partial charge in [-0.05, 0) is 6.92 Å². The maximum atomic E-state index is 11.6. The summed E-state index contributed by atoms with van der Waals surface area (Å²) in [6.45, 7) is 2.27. The van der Waals surface area contributed by atoms with Crippen molar-refractivity contribution in [2.24, 2.45) is 0 Å². The van der Waals surface area contributed by atoms with Crippen molar-refractivity contribution in [3.63, 3.8) is 0 Å². The average molecular weight is 227 g/mol. The van der Waals surface area contributed by atoms with Gasteiger partial charge in [0, 0.05) is 11.6 Å². The molecule has 0 radical (unpaired) electrons. The van der Waals surface area contributed by atoms with Crippen LogP contribution in [0.25, 0.3) is 0 Å². The third-order valence-electron chi connectivity index (χ3n) is 2.31. The topological polar surface area (TPSA) is 67.2 Å². The van der Waals surface area contributed by atoms with Crippen molar-refractivity contribution in [1.82, 2.24) is 15.6 Å². The zero-order valence-corrected chi connectivity index (χ0v) is 9.26. The van der Waals surface area contributed by atoms with E-state index in [0.29, 0.717) is 6.54 Å². The van der Waals surface area contributed by atoms with Crippen molar-refractivity contribution in [3.05, 3.63) is 17.8 Å². The number of oxazole rings is 1. The predicted molar refractivity (Wildman–Crippen MR) is 57.3 cm³/mol. The fourth-order valence-electron chi connectivity index (χ4n) is 1.36. The third-order valence-corrected chi connectivity index (χ3v) is 3.25. The lowest BCUT2D eigenvalue weighted by molar-refractivity contribution is -0.122. The van der Waals surface area contributed by atoms with Gasteiger partial charge in [0.15, 0.2) is 6.39 Å². The van der Waals surface area contributed by atoms with E-state index in [1.54, 1.807) is 11.8 Å². The lowest BCUT2D eigenvalue weighted by atomic mass is 10.3. The summed E-state index contributed by atoms with van der Waals surface area (Å²) in [6.07, 6.45) is 1.39. The first-order chi connectivity index (χ1) is 7.27. The SMILES string of the molecule is Cc1ocnc1CNC(=O)C1CSCN1. The van der Waals surface area contributed by atoms with Gasteiger partial charge in [0.2, 0.25) is 5.91 Å². The van der Waals surface area contributed by atoms with Crippen LogP contribution in [0.3, 0.4) is 0 Å². The second-order valence-electron chi connectivity index (χ2n) is 3.34. The summed E-state index contributed by atoms with van der Waals surface area (Å²) in [6, 6.07) is -0.0674. The van der Waals surface area contributed by atoms with Gasteiger partial charge in [-0.2, -0.15) is 0 Å². The first-order valence-corrected chi connectivity index (χ1v) is 5.90. The molecule has 1 amide bonds. The first kappa shape index (κ1) is 10.5. The van der Waals surface area contributed by atoms with Crippen molar-refractivity contribution in [3.8, 4) is 0 Å². The van der Waals surface area contributed by atoms with Crippen LogP contribution < -0.4 is 10.6 Å². The number of thioether (sulfide) groups is 1. The van der Waals surface area contributed by atoms with Crippen LogP contribution in [-0.4, -0.2) is 28.6 Å². The Hall–Kier alpha value is -1.01. The lowest BCUT2D eigenvalue weighted by Gasteiger charge is -2.09. The Kier molecular flexibility index (Phi) is 3.27. The summed E-state index contributed by atoms with van der Waals surface area (Å²) >= 11 is 1.73. The molecule has 82 valence electrons. The maximum absolute atomic E-state index is 11.6. The second kappa shape index (κ2) is 4.67. The molecule has 2 rings (SSSR count). The standard InChI is InChI=1S/C9H13N3O2S/c1-6-7(11-4-14-6)2-10-9(13)8-3-15-5-12-8/h4,8,12H,2-3,5H2,1H3,(H,10,13). The smallest absolute Gasteiger partial charge is 0.238 e. The number of nitrogens with one attached hydrogen (secondary N) is 2. The van der Waals surface area contributed by atoms with Gasteiger partial charge in [-0.3, -0.25) is 10.1 Å². The van der Waals surface area contributed by atoms with Crippen molar-refractivity contribution in [1.29, 1.82) is 0 Å². The lowest BCUT2D eigenvalue weighted by Crippen LogP contribution is -2.41. The van der Waals surface area contributed by atoms with E-state index in [1.807, 2.05) is 6.92 Å². The van der Waals surface area contributed by atoms with Gasteiger partial charge in [0.1, 0.15) is 11.5 Å². The monoisotopic (exact) mass is 227 g/mol. The van der Waals surface area contributed by atoms with E-state index in [4.69, 9.17) is 4.42 Å². The fourth-order valence-corrected chi connectivity index (χ4v) is 2.30. The van der Waals surface area contributed by atoms with E-state index in [2.05, 4.69) is 15.6 Å². The average Bonchev–Trinajstić information content (AvgIpc) is 2.85. The third kappa shape index (κ3) is 2.51. The normalized spacial score (nSPS) is 20.5. The molecule has 1 aliphatic rings. The number of carbonyl (C=O) groups excluding carboxylic acids is 1. The highest BCUT2D eigenvalue weighted by Crippen LogP contribution is 2.10. The fraction of sp³-hybridized carbons (Fsp3) is 0.556. The number of aryl methyl sites for hydroxylation is 1. The van der Waals surface area contributed by atoms with Crippen molar-refractivity contribution >= 4 is 17.7 Å². The van der Waals surface area contributed by atoms with Crippen molar-refractivity contribution < 1.29 is 9.21 Å². The molecule has 6 heteroatoms. The summed E-state index contributed by atoms with van der Waals surface area (Å²) in [5.41, 5.74) is 0.786. The molecule has 0 aliphatic carbocycles. The van der Waals surface area contributed by atoms with Gasteiger partial charge in [-0.1, -0.05) is 0 Å². The molecule has 0 aromatic carbocycles. The summed E-state index contributed by atoms with van der Waals surface area (Å²) < 4.78 is 5.04. The first-order valence-electron chi connectivity index (χ1n) is 4.75. The number of amides is 1. The van der Waals surface area contributed by atoms with Crippen molar-refractivity contribution in [2.45, 2.75) is 19.5 Å². The Bertz CT molecular complexity index is 347. The Labute approximate surface area is 92.0 Å². The molecular weight excluding hydrogens is 214 g/mol. The van der Waals surface area contributed by atoms with E-state index in [-0.39, 0.29) is 11.9 Å². The number of hydrogen-bond acceptors (Lipinski definition) is 5. The molecular formula is C9H13N3O2S. The van der Waals surface area contributed by atoms with Gasteiger partial charge in [-0.25, -0.2) is 4.98 Å². The highest BCUT2D eigenvalue weighted by atomic mass is 32.2. The van der Waals surface area contributed by atoms with E-state index < -0.39 is 0 Å². The molecule has 2 heterocycles. The molecule has 5 nitrogen and oxygen atoms in total. The highest BCUT2D eigenvalue weighted by Gasteiger charge is 2.22. The number of aromatic nitrogens is 1. The molecule has 15 heavy (non-hydrogen) atoms. The molecule has 1 atom stereocenters. The summed E-state index contributed by atoms with van der Waals surface area (Å²) in [7, 11) is 0. The molecule has 1 aliphatic heterocycles. The van der Waals surface area contributed by atoms with Crippen LogP contribution >= 0.6 is 11.8 Å². The molecule has 1 aromatic rings. The molecule has 0 spiro atoms. The van der Waals surface area contributed by atoms with Crippen LogP contribution in [0.15, 0.2) is 10.8 Å². The molecule has 0 saturated carbocycles. The van der Waals surface area contributed by atoms with Gasteiger partial charge >= 0.3 is 0 Å². The highest BCUT2D eigenvalue weighted by molar-refractivity contribution is 7.99. The largest absolute Gasteiger partial charge is 0.448 e. The molecule has 0 bridgehead atoms. The van der Waals surface area contributed by atoms with E-state index in [9.17, 15) is 4.79 Å². The van der Waals surface area contributed by atoms with E-state index in [1.165, 1.54) is 6.39 Å². The molecule has 1 unspecified atom stereocenters. The zero-order chi connectivity index (χ0) is 10.7. The van der Waals surface area contributed by atoms with Crippen LogP contribution in [0, 0.1) is 6.92 Å². The molecule has 1 aromatic heterocycles. The Morgan fingerprint density at radius 2 is 2.73 bits per heavy atom. The molecule has 1 saturated heterocycles. The van der Waals surface area contributed by atoms with Crippen LogP contribution in [0.1, 0.15) is 11.5 Å². The quantitative estimate of drug-likeness (QED) is 0.775. The Balaban J connectivity index is 1.83. The molecule has 1 fully saturated rings. The Morgan fingerprint density at radius 3 is 3.33 bits per heavy atom. The minimum Gasteiger partial charge on any atom is -0.448 e. The minimum atomic E-state index is -0.0674. The minimum absolute atomic E-state index is 0.0300. The summed E-state index contributed by atoms with van der Waals surface area (Å²) in [5.74, 6) is 2.47. The van der Waals surface area contributed by atoms with Crippen LogP contribution in [0.4, 0.5) is 0 Å². The number of hydrogen-bond donors (Lipinski definition) is 2. The van der Waals surface area contributed by atoms with Gasteiger partial charge in [-0.15, -0.1) is 11.8 Å². The van der Waals surface area contributed by atoms with Crippen LogP contribution in [-0.2, 0) is 11.3 Å².